The molecule has 0 radical (unpaired) electrons. The van der Waals surface area contributed by atoms with Gasteiger partial charge in [0.05, 0.1) is 44.1 Å². The van der Waals surface area contributed by atoms with Crippen molar-refractivity contribution in [3.63, 3.8) is 0 Å². The van der Waals surface area contributed by atoms with Gasteiger partial charge in [0.1, 0.15) is 0 Å². The molecular formula is C96H69BN10. The van der Waals surface area contributed by atoms with Crippen molar-refractivity contribution in [3.05, 3.63) is 343 Å². The van der Waals surface area contributed by atoms with Gasteiger partial charge in [0.15, 0.2) is 23.3 Å². The maximum absolute atomic E-state index is 5.72. The minimum absolute atomic E-state index is 0.0221. The second-order valence-electron chi connectivity index (χ2n) is 28.6. The van der Waals surface area contributed by atoms with Gasteiger partial charge in [-0.2, -0.15) is 19.9 Å². The molecule has 11 heteroatoms. The van der Waals surface area contributed by atoms with Crippen molar-refractivity contribution in [3.8, 4) is 79.9 Å². The van der Waals surface area contributed by atoms with Crippen LogP contribution in [-0.2, 0) is 0 Å². The Kier molecular flexibility index (Phi) is 14.8. The Labute approximate surface area is 619 Å². The van der Waals surface area contributed by atoms with Crippen LogP contribution in [0.25, 0.3) is 167 Å². The molecule has 14 aromatic carbocycles. The zero-order valence-corrected chi connectivity index (χ0v) is 60.0. The fourth-order valence-corrected chi connectivity index (χ4v) is 17.3. The van der Waals surface area contributed by atoms with E-state index in [2.05, 4.69) is 333 Å². The highest BCUT2D eigenvalue weighted by atomic mass is 15.2. The van der Waals surface area contributed by atoms with Gasteiger partial charge in [0.2, 0.25) is 18.6 Å². The number of para-hydroxylation sites is 6. The number of nitrogens with zero attached hydrogens (tertiary/aromatic N) is 10. The van der Waals surface area contributed by atoms with E-state index in [1.54, 1.807) is 0 Å². The Hall–Kier alpha value is -13.6. The Morgan fingerprint density at radius 1 is 0.215 bits per heavy atom. The van der Waals surface area contributed by atoms with E-state index in [-0.39, 0.29) is 6.71 Å². The maximum atomic E-state index is 5.72. The fourth-order valence-electron chi connectivity index (χ4n) is 17.3. The molecule has 0 amide bonds. The Balaban J connectivity index is 0.839. The predicted octanol–water partition coefficient (Wildman–Crippen LogP) is 21.1. The first-order chi connectivity index (χ1) is 52.5. The second-order valence-corrected chi connectivity index (χ2v) is 28.6. The molecule has 0 unspecified atom stereocenters. The first kappa shape index (κ1) is 63.1. The van der Waals surface area contributed by atoms with E-state index in [0.717, 1.165) is 132 Å². The summed E-state index contributed by atoms with van der Waals surface area (Å²) >= 11 is 0. The van der Waals surface area contributed by atoms with E-state index in [1.165, 1.54) is 49.8 Å². The van der Waals surface area contributed by atoms with Crippen LogP contribution < -0.4 is 16.4 Å². The second kappa shape index (κ2) is 25.1. The summed E-state index contributed by atoms with van der Waals surface area (Å²) in [6.45, 7) is 13.4. The van der Waals surface area contributed by atoms with Gasteiger partial charge >= 0.3 is 0 Å². The maximum Gasteiger partial charge on any atom is 0.242 e. The van der Waals surface area contributed by atoms with Gasteiger partial charge in [-0.25, -0.2) is 9.97 Å². The molecule has 0 N–H and O–H groups in total. The van der Waals surface area contributed by atoms with Crippen molar-refractivity contribution in [2.24, 2.45) is 0 Å². The average molecular weight is 1370 g/mol. The lowest BCUT2D eigenvalue weighted by molar-refractivity contribution is 0.951. The number of benzene rings is 14. The van der Waals surface area contributed by atoms with Crippen molar-refractivity contribution in [2.45, 2.75) is 41.5 Å². The molecule has 0 bridgehead atoms. The third-order valence-electron chi connectivity index (χ3n) is 21.8. The lowest BCUT2D eigenvalue weighted by Gasteiger charge is -2.25. The molecule has 20 rings (SSSR count). The van der Waals surface area contributed by atoms with Gasteiger partial charge in [0, 0.05) is 76.7 Å². The third-order valence-corrected chi connectivity index (χ3v) is 21.8. The van der Waals surface area contributed by atoms with Crippen molar-refractivity contribution in [1.82, 2.24) is 48.2 Å². The number of rotatable bonds is 12. The van der Waals surface area contributed by atoms with Crippen molar-refractivity contribution >= 4 is 110 Å². The highest BCUT2D eigenvalue weighted by molar-refractivity contribution is 6.96. The van der Waals surface area contributed by atoms with Crippen LogP contribution in [0.1, 0.15) is 33.4 Å². The Morgan fingerprint density at radius 3 is 0.860 bits per heavy atom. The molecule has 0 spiro atoms. The summed E-state index contributed by atoms with van der Waals surface area (Å²) in [6, 6.07) is 111. The molecule has 20 aromatic rings. The number of hydrogen-bond acceptors (Lipinski definition) is 6. The molecule has 107 heavy (non-hydrogen) atoms. The first-order valence-electron chi connectivity index (χ1n) is 36.6. The van der Waals surface area contributed by atoms with E-state index in [4.69, 9.17) is 29.9 Å². The minimum atomic E-state index is -0.0221. The molecule has 0 fully saturated rings. The summed E-state index contributed by atoms with van der Waals surface area (Å²) in [6.07, 6.45) is 0. The Bertz CT molecular complexity index is 6550. The molecule has 0 saturated heterocycles. The van der Waals surface area contributed by atoms with E-state index in [1.807, 2.05) is 36.4 Å². The van der Waals surface area contributed by atoms with Crippen LogP contribution in [0.15, 0.2) is 309 Å². The van der Waals surface area contributed by atoms with Gasteiger partial charge in [-0.3, -0.25) is 9.13 Å². The van der Waals surface area contributed by atoms with Gasteiger partial charge in [-0.1, -0.05) is 268 Å². The molecule has 6 aromatic heterocycles. The van der Waals surface area contributed by atoms with Crippen LogP contribution in [-0.4, -0.2) is 54.9 Å². The number of hydrogen-bond donors (Lipinski definition) is 0. The molecule has 0 saturated carbocycles. The van der Waals surface area contributed by atoms with Gasteiger partial charge in [0.25, 0.3) is 0 Å². The van der Waals surface area contributed by atoms with Gasteiger partial charge in [-0.05, 0) is 144 Å². The standard InChI is InChI=1S/C96H69BN10/c1-58-47-60(3)89(61(4)48-58)97(90-62(5)49-59(2)50-63(90)6)70-45-43-64(44-46-70)67-51-68(93-98-91(65-27-11-7-12-28-65)100-95(102-93)106-83-41-25-21-37-75(83)79-54-85-77(56-87(79)106)73-35-19-23-39-81(73)104(85)71-31-15-9-16-32-71)53-69(52-67)94-99-92(66-29-13-8-14-30-66)101-96(103-94)107-84-42-26-22-38-76(84)80-55-86-78(57-88(80)107)74-36-20-24-40-82(74)105(86)72-33-17-10-18-34-72/h7-57H,1-6H3. The van der Waals surface area contributed by atoms with Crippen molar-refractivity contribution < 1.29 is 0 Å². The smallest absolute Gasteiger partial charge is 0.242 e. The summed E-state index contributed by atoms with van der Waals surface area (Å²) in [5.74, 6) is 3.00. The van der Waals surface area contributed by atoms with Crippen LogP contribution in [0.2, 0.25) is 0 Å². The van der Waals surface area contributed by atoms with Gasteiger partial charge in [-0.15, -0.1) is 0 Å². The van der Waals surface area contributed by atoms with Crippen LogP contribution >= 0.6 is 0 Å². The third kappa shape index (κ3) is 10.5. The summed E-state index contributed by atoms with van der Waals surface area (Å²) in [4.78, 5) is 33.6. The summed E-state index contributed by atoms with van der Waals surface area (Å²) in [7, 11) is 0. The molecule has 0 aliphatic carbocycles. The van der Waals surface area contributed by atoms with Crippen LogP contribution in [0, 0.1) is 41.5 Å². The molecular weight excluding hydrogens is 1300 g/mol. The Morgan fingerprint density at radius 2 is 0.505 bits per heavy atom. The quantitative estimate of drug-likeness (QED) is 0.113. The zero-order chi connectivity index (χ0) is 71.7. The van der Waals surface area contributed by atoms with E-state index in [9.17, 15) is 0 Å². The molecule has 0 aliphatic rings. The van der Waals surface area contributed by atoms with E-state index in [0.29, 0.717) is 35.2 Å². The summed E-state index contributed by atoms with van der Waals surface area (Å²) < 4.78 is 9.22. The molecule has 0 aliphatic heterocycles. The first-order valence-corrected chi connectivity index (χ1v) is 36.6. The summed E-state index contributed by atoms with van der Waals surface area (Å²) in [5, 5.41) is 8.88. The largest absolute Gasteiger partial charge is 0.309 e. The SMILES string of the molecule is Cc1cc(C)c(B(c2ccc(-c3cc(-c4nc(-c5ccccc5)nc(-n5c6ccccc6c6cc7c(cc65)c5ccccc5n7-c5ccccc5)n4)cc(-c4nc(-c5ccccc5)nc(-n5c6ccccc6c6cc7c(cc65)c5ccccc5n7-c5ccccc5)n4)c3)cc2)c2c(C)cc(C)cc2C)c(C)c1. The highest BCUT2D eigenvalue weighted by Crippen LogP contribution is 2.43. The van der Waals surface area contributed by atoms with Crippen LogP contribution in [0.4, 0.5) is 0 Å². The summed E-state index contributed by atoms with van der Waals surface area (Å²) in [5.41, 5.74) is 27.2. The number of aryl methyl sites for hydroxylation is 6. The highest BCUT2D eigenvalue weighted by Gasteiger charge is 2.30. The van der Waals surface area contributed by atoms with Crippen LogP contribution in [0.5, 0.6) is 0 Å². The minimum Gasteiger partial charge on any atom is -0.309 e. The molecule has 0 atom stereocenters. The average Bonchev–Trinajstić information content (AvgIpc) is 1.57. The molecule has 506 valence electrons. The normalized spacial score (nSPS) is 11.8. The van der Waals surface area contributed by atoms with Crippen molar-refractivity contribution in [2.75, 3.05) is 0 Å². The number of fused-ring (bicyclic) bond motifs is 12. The fraction of sp³-hybridized carbons (Fsp3) is 0.0625. The predicted molar refractivity (Wildman–Crippen MR) is 444 cm³/mol. The lowest BCUT2D eigenvalue weighted by Crippen LogP contribution is -2.55. The zero-order valence-electron chi connectivity index (χ0n) is 60.0. The van der Waals surface area contributed by atoms with E-state index >= 15 is 0 Å². The van der Waals surface area contributed by atoms with E-state index < -0.39 is 0 Å². The van der Waals surface area contributed by atoms with Crippen LogP contribution in [0.3, 0.4) is 0 Å². The van der Waals surface area contributed by atoms with Gasteiger partial charge < -0.3 is 9.13 Å². The topological polar surface area (TPSA) is 97.1 Å². The lowest BCUT2D eigenvalue weighted by atomic mass is 9.34. The molecule has 6 heterocycles. The molecule has 10 nitrogen and oxygen atoms in total. The van der Waals surface area contributed by atoms with Crippen molar-refractivity contribution in [1.29, 1.82) is 0 Å². The monoisotopic (exact) mass is 1370 g/mol. The number of aromatic nitrogens is 10.